The molecule has 2 rings (SSSR count). The fourth-order valence-corrected chi connectivity index (χ4v) is 1.95. The first-order valence-electron chi connectivity index (χ1n) is 6.73. The molecule has 2 amide bonds. The van der Waals surface area contributed by atoms with E-state index in [4.69, 9.17) is 4.74 Å². The fourth-order valence-electron chi connectivity index (χ4n) is 1.69. The Labute approximate surface area is 140 Å². The molecule has 120 valence electrons. The second kappa shape index (κ2) is 8.28. The van der Waals surface area contributed by atoms with E-state index in [1.54, 1.807) is 0 Å². The van der Waals surface area contributed by atoms with Crippen LogP contribution in [0.25, 0.3) is 0 Å². The molecule has 0 radical (unpaired) electrons. The number of hydrogen-bond donors (Lipinski definition) is 2. The molecule has 0 unspecified atom stereocenters. The highest BCUT2D eigenvalue weighted by atomic mass is 79.9. The number of ether oxygens (including phenoxy) is 1. The zero-order valence-electron chi connectivity index (χ0n) is 12.0. The van der Waals surface area contributed by atoms with Crippen molar-refractivity contribution in [1.82, 2.24) is 10.9 Å². The molecule has 5 nitrogen and oxygen atoms in total. The molecule has 0 spiro atoms. The second-order valence-electron chi connectivity index (χ2n) is 4.64. The number of hydrogen-bond acceptors (Lipinski definition) is 3. The number of benzene rings is 2. The first-order valence-corrected chi connectivity index (χ1v) is 7.53. The van der Waals surface area contributed by atoms with Crippen molar-refractivity contribution in [2.24, 2.45) is 0 Å². The molecule has 0 aromatic heterocycles. The Bertz CT molecular complexity index is 675. The topological polar surface area (TPSA) is 67.4 Å². The molecule has 0 bridgehead atoms. The van der Waals surface area contributed by atoms with E-state index in [1.165, 1.54) is 24.3 Å². The summed E-state index contributed by atoms with van der Waals surface area (Å²) in [4.78, 5) is 23.2. The van der Waals surface area contributed by atoms with Gasteiger partial charge >= 0.3 is 0 Å². The largest absolute Gasteiger partial charge is 0.484 e. The molecular formula is C16H14BrFN2O3. The Kier molecular flexibility index (Phi) is 6.10. The third kappa shape index (κ3) is 6.07. The highest BCUT2D eigenvalue weighted by Gasteiger charge is 2.07. The molecule has 0 aliphatic heterocycles. The van der Waals surface area contributed by atoms with Crippen LogP contribution in [0, 0.1) is 5.82 Å². The van der Waals surface area contributed by atoms with Crippen molar-refractivity contribution in [3.05, 3.63) is 64.4 Å². The van der Waals surface area contributed by atoms with Gasteiger partial charge in [0.25, 0.3) is 5.91 Å². The monoisotopic (exact) mass is 380 g/mol. The summed E-state index contributed by atoms with van der Waals surface area (Å²) in [6.07, 6.45) is 0.145. The van der Waals surface area contributed by atoms with Crippen LogP contribution in [0.15, 0.2) is 53.0 Å². The van der Waals surface area contributed by atoms with Gasteiger partial charge in [0.2, 0.25) is 5.91 Å². The minimum atomic E-state index is -0.515. The summed E-state index contributed by atoms with van der Waals surface area (Å²) in [5.41, 5.74) is 5.37. The van der Waals surface area contributed by atoms with E-state index in [0.717, 1.165) is 10.0 Å². The summed E-state index contributed by atoms with van der Waals surface area (Å²) in [5, 5.41) is 0. The number of halogens is 2. The summed E-state index contributed by atoms with van der Waals surface area (Å²) in [6, 6.07) is 12.6. The van der Waals surface area contributed by atoms with Crippen LogP contribution in [0.2, 0.25) is 0 Å². The van der Waals surface area contributed by atoms with E-state index in [1.807, 2.05) is 24.3 Å². The van der Waals surface area contributed by atoms with Gasteiger partial charge < -0.3 is 4.74 Å². The lowest BCUT2D eigenvalue weighted by Gasteiger charge is -2.09. The Morgan fingerprint density at radius 3 is 2.22 bits per heavy atom. The van der Waals surface area contributed by atoms with Crippen molar-refractivity contribution < 1.29 is 18.7 Å². The first-order chi connectivity index (χ1) is 11.0. The number of carbonyl (C=O) groups is 2. The molecule has 0 heterocycles. The molecule has 0 saturated heterocycles. The highest BCUT2D eigenvalue weighted by molar-refractivity contribution is 9.10. The van der Waals surface area contributed by atoms with Gasteiger partial charge in [-0.3, -0.25) is 20.4 Å². The van der Waals surface area contributed by atoms with Crippen LogP contribution >= 0.6 is 15.9 Å². The quantitative estimate of drug-likeness (QED) is 0.782. The van der Waals surface area contributed by atoms with Gasteiger partial charge in [-0.15, -0.1) is 0 Å². The van der Waals surface area contributed by atoms with Crippen molar-refractivity contribution in [3.63, 3.8) is 0 Å². The Hall–Kier alpha value is -2.41. The van der Waals surface area contributed by atoms with E-state index >= 15 is 0 Å². The van der Waals surface area contributed by atoms with E-state index in [9.17, 15) is 14.0 Å². The average Bonchev–Trinajstić information content (AvgIpc) is 2.54. The third-order valence-electron chi connectivity index (χ3n) is 2.80. The molecule has 0 fully saturated rings. The summed E-state index contributed by atoms with van der Waals surface area (Å²) >= 11 is 3.31. The molecule has 2 N–H and O–H groups in total. The van der Waals surface area contributed by atoms with Crippen LogP contribution < -0.4 is 15.6 Å². The lowest BCUT2D eigenvalue weighted by molar-refractivity contribution is -0.129. The van der Waals surface area contributed by atoms with Gasteiger partial charge in [0, 0.05) is 4.47 Å². The molecule has 0 atom stereocenters. The Morgan fingerprint density at radius 2 is 1.57 bits per heavy atom. The Morgan fingerprint density at radius 1 is 0.957 bits per heavy atom. The molecular weight excluding hydrogens is 367 g/mol. The first kappa shape index (κ1) is 17.0. The zero-order valence-corrected chi connectivity index (χ0v) is 13.6. The van der Waals surface area contributed by atoms with Gasteiger partial charge in [0.15, 0.2) is 6.61 Å². The number of rotatable bonds is 5. The number of amides is 2. The Balaban J connectivity index is 1.70. The average molecular weight is 381 g/mol. The van der Waals surface area contributed by atoms with Gasteiger partial charge in [-0.25, -0.2) is 4.39 Å². The van der Waals surface area contributed by atoms with Crippen LogP contribution in [-0.4, -0.2) is 18.4 Å². The van der Waals surface area contributed by atoms with Crippen molar-refractivity contribution in [1.29, 1.82) is 0 Å². The smallest absolute Gasteiger partial charge is 0.276 e. The highest BCUT2D eigenvalue weighted by Crippen LogP contribution is 2.11. The predicted molar refractivity (Wildman–Crippen MR) is 86.0 cm³/mol. The van der Waals surface area contributed by atoms with E-state index < -0.39 is 5.91 Å². The standard InChI is InChI=1S/C16H14BrFN2O3/c17-12-3-1-11(2-4-12)9-15(21)19-20-16(22)10-23-14-7-5-13(18)6-8-14/h1-8H,9-10H2,(H,19,21)(H,20,22). The van der Waals surface area contributed by atoms with E-state index in [0.29, 0.717) is 5.75 Å². The molecule has 7 heteroatoms. The summed E-state index contributed by atoms with van der Waals surface area (Å²) in [6.45, 7) is -0.288. The maximum atomic E-state index is 12.7. The van der Waals surface area contributed by atoms with Crippen LogP contribution in [0.5, 0.6) is 5.75 Å². The molecule has 0 aliphatic rings. The van der Waals surface area contributed by atoms with Crippen molar-refractivity contribution >= 4 is 27.7 Å². The maximum absolute atomic E-state index is 12.7. The predicted octanol–water partition coefficient (Wildman–Crippen LogP) is 2.36. The molecule has 23 heavy (non-hydrogen) atoms. The van der Waals surface area contributed by atoms with Crippen molar-refractivity contribution in [3.8, 4) is 5.75 Å². The summed E-state index contributed by atoms with van der Waals surface area (Å²) in [7, 11) is 0. The SMILES string of the molecule is O=C(COc1ccc(F)cc1)NNC(=O)Cc1ccc(Br)cc1. The second-order valence-corrected chi connectivity index (χ2v) is 5.56. The van der Waals surface area contributed by atoms with Gasteiger partial charge in [-0.1, -0.05) is 28.1 Å². The molecule has 0 aliphatic carbocycles. The summed E-state index contributed by atoms with van der Waals surface area (Å²) in [5.74, 6) is -0.884. The van der Waals surface area contributed by atoms with Gasteiger partial charge in [0.1, 0.15) is 11.6 Å². The van der Waals surface area contributed by atoms with Crippen LogP contribution in [0.4, 0.5) is 4.39 Å². The lowest BCUT2D eigenvalue weighted by atomic mass is 10.1. The van der Waals surface area contributed by atoms with E-state index in [2.05, 4.69) is 26.8 Å². The third-order valence-corrected chi connectivity index (χ3v) is 3.33. The zero-order chi connectivity index (χ0) is 16.7. The van der Waals surface area contributed by atoms with Gasteiger partial charge in [0.05, 0.1) is 6.42 Å². The number of carbonyl (C=O) groups excluding carboxylic acids is 2. The molecule has 2 aromatic carbocycles. The summed E-state index contributed by atoms with van der Waals surface area (Å²) < 4.78 is 18.8. The number of hydrazine groups is 1. The van der Waals surface area contributed by atoms with Crippen molar-refractivity contribution in [2.45, 2.75) is 6.42 Å². The van der Waals surface area contributed by atoms with Crippen LogP contribution in [0.1, 0.15) is 5.56 Å². The minimum Gasteiger partial charge on any atom is -0.484 e. The minimum absolute atomic E-state index is 0.145. The van der Waals surface area contributed by atoms with Crippen LogP contribution in [-0.2, 0) is 16.0 Å². The van der Waals surface area contributed by atoms with Crippen LogP contribution in [0.3, 0.4) is 0 Å². The lowest BCUT2D eigenvalue weighted by Crippen LogP contribution is -2.44. The molecule has 0 saturated carbocycles. The molecule has 2 aromatic rings. The fraction of sp³-hybridized carbons (Fsp3) is 0.125. The van der Waals surface area contributed by atoms with Crippen molar-refractivity contribution in [2.75, 3.05) is 6.61 Å². The van der Waals surface area contributed by atoms with E-state index in [-0.39, 0.29) is 24.8 Å². The number of nitrogens with one attached hydrogen (secondary N) is 2. The van der Waals surface area contributed by atoms with Gasteiger partial charge in [-0.05, 0) is 42.0 Å². The normalized spacial score (nSPS) is 10.0. The maximum Gasteiger partial charge on any atom is 0.276 e. The van der Waals surface area contributed by atoms with Gasteiger partial charge in [-0.2, -0.15) is 0 Å².